The fraction of sp³-hybridized carbons (Fsp3) is 0.250. The smallest absolute Gasteiger partial charge is 0.288 e. The van der Waals surface area contributed by atoms with E-state index in [9.17, 15) is 14.9 Å². The first-order valence-corrected chi connectivity index (χ1v) is 8.13. The average Bonchev–Trinajstić information content (AvgIpc) is 2.55. The van der Waals surface area contributed by atoms with Crippen molar-refractivity contribution in [2.24, 2.45) is 5.73 Å². The summed E-state index contributed by atoms with van der Waals surface area (Å²) in [6.07, 6.45) is 4.25. The van der Waals surface area contributed by atoms with Crippen LogP contribution < -0.4 is 5.73 Å². The van der Waals surface area contributed by atoms with Gasteiger partial charge in [-0.1, -0.05) is 36.0 Å². The molecule has 1 atom stereocenters. The van der Waals surface area contributed by atoms with Crippen molar-refractivity contribution < 1.29 is 9.72 Å². The summed E-state index contributed by atoms with van der Waals surface area (Å²) in [7, 11) is 0. The van der Waals surface area contributed by atoms with Gasteiger partial charge >= 0.3 is 0 Å². The molecule has 118 valence electrons. The van der Waals surface area contributed by atoms with Crippen LogP contribution in [-0.2, 0) is 6.42 Å². The molecule has 2 aromatic rings. The van der Waals surface area contributed by atoms with E-state index in [0.29, 0.717) is 5.03 Å². The summed E-state index contributed by atoms with van der Waals surface area (Å²) in [5.74, 6) is -0.701. The lowest BCUT2D eigenvalue weighted by Gasteiger charge is -2.25. The maximum absolute atomic E-state index is 11.6. The van der Waals surface area contributed by atoms with Crippen molar-refractivity contribution in [1.29, 1.82) is 0 Å². The third-order valence-corrected chi connectivity index (χ3v) is 5.20. The van der Waals surface area contributed by atoms with Gasteiger partial charge in [0.1, 0.15) is 11.2 Å². The highest BCUT2D eigenvalue weighted by molar-refractivity contribution is 7.99. The van der Waals surface area contributed by atoms with Crippen LogP contribution in [0.3, 0.4) is 0 Å². The standard InChI is InChI=1S/C16H15N3O3S/c17-15(20)13-8-11(19(21)22)9-18-16(13)23-14-7-3-5-10-4-1-2-6-12(10)14/h1-2,4,6,8-9,14H,3,5,7H2,(H2,17,20). The minimum Gasteiger partial charge on any atom is -0.366 e. The van der Waals surface area contributed by atoms with Gasteiger partial charge in [-0.25, -0.2) is 4.98 Å². The molecule has 1 aromatic carbocycles. The van der Waals surface area contributed by atoms with Crippen LogP contribution in [0.15, 0.2) is 41.6 Å². The number of benzene rings is 1. The number of aromatic nitrogens is 1. The lowest BCUT2D eigenvalue weighted by atomic mass is 9.91. The Labute approximate surface area is 137 Å². The van der Waals surface area contributed by atoms with Gasteiger partial charge < -0.3 is 5.73 Å². The minimum atomic E-state index is -0.701. The SMILES string of the molecule is NC(=O)c1cc([N+](=O)[O-])cnc1SC1CCCc2ccccc21. The average molecular weight is 329 g/mol. The highest BCUT2D eigenvalue weighted by atomic mass is 32.2. The number of nitrogens with two attached hydrogens (primary N) is 1. The van der Waals surface area contributed by atoms with E-state index in [0.717, 1.165) is 19.3 Å². The van der Waals surface area contributed by atoms with E-state index >= 15 is 0 Å². The molecular weight excluding hydrogens is 314 g/mol. The molecule has 6 nitrogen and oxygen atoms in total. The van der Waals surface area contributed by atoms with E-state index in [4.69, 9.17) is 5.73 Å². The van der Waals surface area contributed by atoms with Crippen molar-refractivity contribution in [2.45, 2.75) is 29.5 Å². The van der Waals surface area contributed by atoms with Crippen molar-refractivity contribution >= 4 is 23.4 Å². The molecule has 1 heterocycles. The van der Waals surface area contributed by atoms with Crippen molar-refractivity contribution in [3.8, 4) is 0 Å². The number of carbonyl (C=O) groups is 1. The topological polar surface area (TPSA) is 99.1 Å². The number of aryl methyl sites for hydroxylation is 1. The Morgan fingerprint density at radius 2 is 2.17 bits per heavy atom. The van der Waals surface area contributed by atoms with Gasteiger partial charge in [0.25, 0.3) is 11.6 Å². The molecule has 1 unspecified atom stereocenters. The van der Waals surface area contributed by atoms with Crippen LogP contribution in [-0.4, -0.2) is 15.8 Å². The number of pyridine rings is 1. The molecule has 1 aliphatic carbocycles. The van der Waals surface area contributed by atoms with Gasteiger partial charge in [-0.15, -0.1) is 0 Å². The molecule has 0 bridgehead atoms. The van der Waals surface area contributed by atoms with Crippen LogP contribution in [0.1, 0.15) is 39.6 Å². The quantitative estimate of drug-likeness (QED) is 0.685. The summed E-state index contributed by atoms with van der Waals surface area (Å²) in [6.45, 7) is 0. The summed E-state index contributed by atoms with van der Waals surface area (Å²) >= 11 is 1.45. The maximum Gasteiger partial charge on any atom is 0.288 e. The number of hydrogen-bond acceptors (Lipinski definition) is 5. The van der Waals surface area contributed by atoms with Crippen LogP contribution in [0.4, 0.5) is 5.69 Å². The van der Waals surface area contributed by atoms with Crippen molar-refractivity contribution in [1.82, 2.24) is 4.98 Å². The van der Waals surface area contributed by atoms with Gasteiger partial charge in [-0.2, -0.15) is 0 Å². The Hall–Kier alpha value is -2.41. The normalized spacial score (nSPS) is 16.6. The van der Waals surface area contributed by atoms with Gasteiger partial charge in [0.2, 0.25) is 0 Å². The van der Waals surface area contributed by atoms with E-state index in [1.165, 1.54) is 35.2 Å². The number of fused-ring (bicyclic) bond motifs is 1. The van der Waals surface area contributed by atoms with E-state index in [-0.39, 0.29) is 16.5 Å². The highest BCUT2D eigenvalue weighted by Gasteiger charge is 2.24. The fourth-order valence-corrected chi connectivity index (χ4v) is 4.09. The molecule has 1 aromatic heterocycles. The number of thioether (sulfide) groups is 1. The van der Waals surface area contributed by atoms with Crippen LogP contribution in [0.2, 0.25) is 0 Å². The number of carbonyl (C=O) groups excluding carboxylic acids is 1. The molecule has 2 N–H and O–H groups in total. The first-order chi connectivity index (χ1) is 11.1. The largest absolute Gasteiger partial charge is 0.366 e. The number of amides is 1. The zero-order valence-electron chi connectivity index (χ0n) is 12.3. The number of hydrogen-bond donors (Lipinski definition) is 1. The Morgan fingerprint density at radius 1 is 1.39 bits per heavy atom. The number of rotatable bonds is 4. The lowest BCUT2D eigenvalue weighted by molar-refractivity contribution is -0.385. The number of nitrogens with zero attached hydrogens (tertiary/aromatic N) is 2. The summed E-state index contributed by atoms with van der Waals surface area (Å²) < 4.78 is 0. The molecule has 7 heteroatoms. The second-order valence-electron chi connectivity index (χ2n) is 5.37. The summed E-state index contributed by atoms with van der Waals surface area (Å²) in [5.41, 5.74) is 7.78. The maximum atomic E-state index is 11.6. The summed E-state index contributed by atoms with van der Waals surface area (Å²) in [5, 5.41) is 11.5. The number of primary amides is 1. The van der Waals surface area contributed by atoms with Crippen molar-refractivity contribution in [3.05, 3.63) is 63.3 Å². The van der Waals surface area contributed by atoms with Crippen molar-refractivity contribution in [3.63, 3.8) is 0 Å². The second kappa shape index (κ2) is 6.37. The Balaban J connectivity index is 1.95. The molecule has 0 radical (unpaired) electrons. The first kappa shape index (κ1) is 15.5. The van der Waals surface area contributed by atoms with Gasteiger partial charge in [0, 0.05) is 11.3 Å². The van der Waals surface area contributed by atoms with Crippen LogP contribution in [0, 0.1) is 10.1 Å². The summed E-state index contributed by atoms with van der Waals surface area (Å²) in [6, 6.07) is 9.41. The van der Waals surface area contributed by atoms with Crippen LogP contribution in [0.5, 0.6) is 0 Å². The molecule has 1 aliphatic rings. The van der Waals surface area contributed by atoms with E-state index in [2.05, 4.69) is 17.1 Å². The molecule has 0 fully saturated rings. The molecule has 0 aliphatic heterocycles. The van der Waals surface area contributed by atoms with Gasteiger partial charge in [0.05, 0.1) is 10.5 Å². The lowest BCUT2D eigenvalue weighted by Crippen LogP contribution is -2.14. The van der Waals surface area contributed by atoms with Gasteiger partial charge in [-0.05, 0) is 30.4 Å². The monoisotopic (exact) mass is 329 g/mol. The minimum absolute atomic E-state index is 0.104. The van der Waals surface area contributed by atoms with Gasteiger partial charge in [0.15, 0.2) is 0 Å². The predicted octanol–water partition coefficient (Wildman–Crippen LogP) is 3.26. The van der Waals surface area contributed by atoms with E-state index < -0.39 is 10.8 Å². The fourth-order valence-electron chi connectivity index (χ4n) is 2.78. The third kappa shape index (κ3) is 3.19. The highest BCUT2D eigenvalue weighted by Crippen LogP contribution is 2.43. The molecule has 3 rings (SSSR count). The predicted molar refractivity (Wildman–Crippen MR) is 87.4 cm³/mol. The van der Waals surface area contributed by atoms with Gasteiger partial charge in [-0.3, -0.25) is 14.9 Å². The Bertz CT molecular complexity index is 779. The van der Waals surface area contributed by atoms with Crippen molar-refractivity contribution in [2.75, 3.05) is 0 Å². The van der Waals surface area contributed by atoms with E-state index in [1.54, 1.807) is 0 Å². The third-order valence-electron chi connectivity index (χ3n) is 3.88. The first-order valence-electron chi connectivity index (χ1n) is 7.25. The second-order valence-corrected chi connectivity index (χ2v) is 6.56. The Kier molecular flexibility index (Phi) is 4.29. The Morgan fingerprint density at radius 3 is 2.91 bits per heavy atom. The van der Waals surface area contributed by atoms with Crippen LogP contribution >= 0.6 is 11.8 Å². The van der Waals surface area contributed by atoms with E-state index in [1.807, 2.05) is 12.1 Å². The molecule has 0 spiro atoms. The molecule has 0 saturated heterocycles. The zero-order chi connectivity index (χ0) is 16.4. The molecular formula is C16H15N3O3S. The number of nitro groups is 1. The molecule has 23 heavy (non-hydrogen) atoms. The molecule has 1 amide bonds. The molecule has 0 saturated carbocycles. The zero-order valence-corrected chi connectivity index (χ0v) is 13.1. The van der Waals surface area contributed by atoms with Crippen LogP contribution in [0.25, 0.3) is 0 Å². The summed E-state index contributed by atoms with van der Waals surface area (Å²) in [4.78, 5) is 26.0.